The summed E-state index contributed by atoms with van der Waals surface area (Å²) >= 11 is 0. The molecule has 3 aromatic rings. The quantitative estimate of drug-likeness (QED) is 0.755. The molecule has 4 rings (SSSR count). The van der Waals surface area contributed by atoms with Crippen LogP contribution >= 0.6 is 0 Å². The molecule has 1 aliphatic heterocycles. The van der Waals surface area contributed by atoms with E-state index >= 15 is 0 Å². The first kappa shape index (κ1) is 15.5. The van der Waals surface area contributed by atoms with Crippen molar-refractivity contribution in [2.75, 3.05) is 0 Å². The molecular formula is C17H18N6O2. The molecule has 0 saturated heterocycles. The molecule has 1 aliphatic rings. The van der Waals surface area contributed by atoms with Gasteiger partial charge in [0.15, 0.2) is 0 Å². The van der Waals surface area contributed by atoms with Crippen molar-refractivity contribution in [1.82, 2.24) is 30.0 Å². The van der Waals surface area contributed by atoms with Crippen molar-refractivity contribution in [3.63, 3.8) is 0 Å². The lowest BCUT2D eigenvalue weighted by Gasteiger charge is -2.24. The average molecular weight is 338 g/mol. The molecule has 0 spiro atoms. The van der Waals surface area contributed by atoms with E-state index in [-0.39, 0.29) is 11.9 Å². The summed E-state index contributed by atoms with van der Waals surface area (Å²) in [6.07, 6.45) is 9.65. The summed E-state index contributed by atoms with van der Waals surface area (Å²) in [5, 5.41) is 7.00. The lowest BCUT2D eigenvalue weighted by Crippen LogP contribution is -2.41. The Morgan fingerprint density at radius 1 is 1.40 bits per heavy atom. The van der Waals surface area contributed by atoms with E-state index in [4.69, 9.17) is 4.52 Å². The monoisotopic (exact) mass is 338 g/mol. The highest BCUT2D eigenvalue weighted by Crippen LogP contribution is 2.15. The molecule has 0 saturated carbocycles. The van der Waals surface area contributed by atoms with Gasteiger partial charge in [0.25, 0.3) is 0 Å². The minimum absolute atomic E-state index is 0.00491. The summed E-state index contributed by atoms with van der Waals surface area (Å²) in [5.41, 5.74) is 0.792. The van der Waals surface area contributed by atoms with E-state index in [1.54, 1.807) is 18.6 Å². The van der Waals surface area contributed by atoms with Crippen molar-refractivity contribution in [2.45, 2.75) is 38.3 Å². The standard InChI is InChI=1S/C17H18N6O2/c24-15(20-13-3-4-14-19-8-9-23(14)11-13)5-6-16-21-17(22-25-16)12-2-1-7-18-10-12/h1-2,7-10,13H,3-6,11H2,(H,20,24)/t13-/m0/s1. The van der Waals surface area contributed by atoms with Gasteiger partial charge in [-0.1, -0.05) is 5.16 Å². The molecule has 0 bridgehead atoms. The number of nitrogens with zero attached hydrogens (tertiary/aromatic N) is 5. The lowest BCUT2D eigenvalue weighted by molar-refractivity contribution is -0.122. The van der Waals surface area contributed by atoms with Crippen LogP contribution in [0.5, 0.6) is 0 Å². The molecule has 0 radical (unpaired) electrons. The van der Waals surface area contributed by atoms with Gasteiger partial charge in [-0.25, -0.2) is 4.98 Å². The Bertz CT molecular complexity index is 857. The minimum atomic E-state index is -0.00491. The Morgan fingerprint density at radius 3 is 3.24 bits per heavy atom. The zero-order valence-corrected chi connectivity index (χ0v) is 13.6. The number of carbonyl (C=O) groups excluding carboxylic acids is 1. The van der Waals surface area contributed by atoms with Gasteiger partial charge in [0.1, 0.15) is 5.82 Å². The van der Waals surface area contributed by atoms with Crippen molar-refractivity contribution < 1.29 is 9.32 Å². The van der Waals surface area contributed by atoms with Crippen LogP contribution in [0.15, 0.2) is 41.4 Å². The van der Waals surface area contributed by atoms with E-state index in [2.05, 4.69) is 30.0 Å². The third-order valence-corrected chi connectivity index (χ3v) is 4.25. The van der Waals surface area contributed by atoms with Crippen LogP contribution < -0.4 is 5.32 Å². The summed E-state index contributed by atoms with van der Waals surface area (Å²) in [6.45, 7) is 0.771. The number of hydrogen-bond acceptors (Lipinski definition) is 6. The minimum Gasteiger partial charge on any atom is -0.352 e. The molecule has 3 aromatic heterocycles. The molecule has 25 heavy (non-hydrogen) atoms. The number of hydrogen-bond donors (Lipinski definition) is 1. The van der Waals surface area contributed by atoms with Crippen LogP contribution in [-0.4, -0.2) is 36.6 Å². The number of carbonyl (C=O) groups is 1. The third kappa shape index (κ3) is 3.57. The van der Waals surface area contributed by atoms with Gasteiger partial charge < -0.3 is 14.4 Å². The van der Waals surface area contributed by atoms with Gasteiger partial charge in [0, 0.05) is 62.2 Å². The van der Waals surface area contributed by atoms with Crippen LogP contribution in [0, 0.1) is 0 Å². The highest BCUT2D eigenvalue weighted by Gasteiger charge is 2.20. The van der Waals surface area contributed by atoms with Crippen molar-refractivity contribution >= 4 is 5.91 Å². The summed E-state index contributed by atoms with van der Waals surface area (Å²) in [5.74, 6) is 2.02. The molecular weight excluding hydrogens is 320 g/mol. The van der Waals surface area contributed by atoms with Crippen LogP contribution in [-0.2, 0) is 24.2 Å². The van der Waals surface area contributed by atoms with Gasteiger partial charge >= 0.3 is 0 Å². The molecule has 8 heteroatoms. The van der Waals surface area contributed by atoms with Gasteiger partial charge in [0.05, 0.1) is 0 Å². The third-order valence-electron chi connectivity index (χ3n) is 4.25. The molecule has 0 aliphatic carbocycles. The molecule has 0 aromatic carbocycles. The van der Waals surface area contributed by atoms with E-state index < -0.39 is 0 Å². The predicted octanol–water partition coefficient (Wildman–Crippen LogP) is 1.39. The topological polar surface area (TPSA) is 98.7 Å². The molecule has 0 unspecified atom stereocenters. The van der Waals surface area contributed by atoms with Gasteiger partial charge in [-0.05, 0) is 18.6 Å². The maximum absolute atomic E-state index is 12.2. The zero-order valence-electron chi connectivity index (χ0n) is 13.6. The summed E-state index contributed by atoms with van der Waals surface area (Å²) in [7, 11) is 0. The number of rotatable bonds is 5. The zero-order chi connectivity index (χ0) is 17.1. The molecule has 128 valence electrons. The van der Waals surface area contributed by atoms with Gasteiger partial charge in [-0.2, -0.15) is 4.98 Å². The fourth-order valence-electron chi connectivity index (χ4n) is 2.97. The van der Waals surface area contributed by atoms with Gasteiger partial charge in [-0.3, -0.25) is 9.78 Å². The molecule has 4 heterocycles. The fraction of sp³-hybridized carbons (Fsp3) is 0.353. The molecule has 1 atom stereocenters. The Balaban J connectivity index is 1.29. The first-order chi connectivity index (χ1) is 12.3. The second-order valence-electron chi connectivity index (χ2n) is 6.05. The molecule has 1 N–H and O–H groups in total. The normalized spacial score (nSPS) is 16.4. The lowest BCUT2D eigenvalue weighted by atomic mass is 10.1. The number of nitrogens with one attached hydrogen (secondary N) is 1. The Hall–Kier alpha value is -3.03. The van der Waals surface area contributed by atoms with Crippen molar-refractivity contribution in [3.05, 3.63) is 48.6 Å². The number of pyridine rings is 1. The van der Waals surface area contributed by atoms with Crippen LogP contribution in [0.1, 0.15) is 24.6 Å². The molecule has 1 amide bonds. The SMILES string of the molecule is O=C(CCc1nc(-c2cccnc2)no1)N[C@H]1CCc2nccn2C1. The summed E-state index contributed by atoms with van der Waals surface area (Å²) in [4.78, 5) is 24.8. The predicted molar refractivity (Wildman–Crippen MR) is 88.3 cm³/mol. The van der Waals surface area contributed by atoms with Crippen LogP contribution in [0.4, 0.5) is 0 Å². The van der Waals surface area contributed by atoms with E-state index in [1.165, 1.54) is 0 Å². The number of fused-ring (bicyclic) bond motifs is 1. The molecule has 0 fully saturated rings. The second kappa shape index (κ2) is 6.84. The second-order valence-corrected chi connectivity index (χ2v) is 6.05. The van der Waals surface area contributed by atoms with Crippen molar-refractivity contribution in [1.29, 1.82) is 0 Å². The fourth-order valence-corrected chi connectivity index (χ4v) is 2.97. The largest absolute Gasteiger partial charge is 0.352 e. The average Bonchev–Trinajstić information content (AvgIpc) is 3.30. The van der Waals surface area contributed by atoms with Crippen molar-refractivity contribution in [3.8, 4) is 11.4 Å². The maximum atomic E-state index is 12.2. The first-order valence-electron chi connectivity index (χ1n) is 8.30. The molecule has 8 nitrogen and oxygen atoms in total. The Labute approximate surface area is 144 Å². The van der Waals surface area contributed by atoms with E-state index in [0.29, 0.717) is 24.6 Å². The summed E-state index contributed by atoms with van der Waals surface area (Å²) < 4.78 is 7.30. The highest BCUT2D eigenvalue weighted by atomic mass is 16.5. The Kier molecular flexibility index (Phi) is 4.24. The van der Waals surface area contributed by atoms with Crippen LogP contribution in [0.25, 0.3) is 11.4 Å². The van der Waals surface area contributed by atoms with Crippen LogP contribution in [0.2, 0.25) is 0 Å². The van der Waals surface area contributed by atoms with E-state index in [9.17, 15) is 4.79 Å². The van der Waals surface area contributed by atoms with E-state index in [0.717, 1.165) is 30.8 Å². The number of imidazole rings is 1. The maximum Gasteiger partial charge on any atom is 0.227 e. The highest BCUT2D eigenvalue weighted by molar-refractivity contribution is 5.76. The van der Waals surface area contributed by atoms with Gasteiger partial charge in [-0.15, -0.1) is 0 Å². The smallest absolute Gasteiger partial charge is 0.227 e. The number of aryl methyl sites for hydroxylation is 2. The Morgan fingerprint density at radius 2 is 2.36 bits per heavy atom. The summed E-state index contributed by atoms with van der Waals surface area (Å²) in [6, 6.07) is 3.82. The van der Waals surface area contributed by atoms with Gasteiger partial charge in [0.2, 0.25) is 17.6 Å². The number of amides is 1. The van der Waals surface area contributed by atoms with Crippen molar-refractivity contribution in [2.24, 2.45) is 0 Å². The first-order valence-corrected chi connectivity index (χ1v) is 8.30. The number of aromatic nitrogens is 5. The van der Waals surface area contributed by atoms with E-state index in [1.807, 2.05) is 18.3 Å². The van der Waals surface area contributed by atoms with Crippen LogP contribution in [0.3, 0.4) is 0 Å².